The zero-order valence-electron chi connectivity index (χ0n) is 13.3. The fraction of sp³-hybridized carbons (Fsp3) is 0.500. The topological polar surface area (TPSA) is 48.5 Å². The maximum Gasteiger partial charge on any atom is 0.234 e. The van der Waals surface area contributed by atoms with Gasteiger partial charge >= 0.3 is 0 Å². The van der Waals surface area contributed by atoms with E-state index in [4.69, 9.17) is 0 Å². The van der Waals surface area contributed by atoms with Gasteiger partial charge in [-0.3, -0.25) is 9.69 Å². The molecule has 1 aliphatic rings. The quantitative estimate of drug-likeness (QED) is 0.864. The van der Waals surface area contributed by atoms with Crippen molar-refractivity contribution >= 4 is 28.6 Å². The minimum Gasteiger partial charge on any atom is -0.345 e. The van der Waals surface area contributed by atoms with Crippen LogP contribution >= 0.6 is 22.7 Å². The second kappa shape index (κ2) is 8.01. The van der Waals surface area contributed by atoms with Crippen molar-refractivity contribution in [3.05, 3.63) is 39.0 Å². The SMILES string of the molecule is CN1CCN(CC(=O)N[C@@H](Cc2cccs2)c2nccs2)CC1. The highest BCUT2D eigenvalue weighted by Crippen LogP contribution is 2.23. The van der Waals surface area contributed by atoms with Crippen molar-refractivity contribution in [3.8, 4) is 0 Å². The Hall–Kier alpha value is -1.28. The van der Waals surface area contributed by atoms with Crippen LogP contribution in [0.5, 0.6) is 0 Å². The maximum absolute atomic E-state index is 12.4. The number of likely N-dealkylation sites (N-methyl/N-ethyl adjacent to an activating group) is 1. The molecule has 1 saturated heterocycles. The van der Waals surface area contributed by atoms with Crippen molar-refractivity contribution in [2.45, 2.75) is 12.5 Å². The Bertz CT molecular complexity index is 592. The summed E-state index contributed by atoms with van der Waals surface area (Å²) in [5, 5.41) is 8.18. The van der Waals surface area contributed by atoms with Crippen LogP contribution in [0.25, 0.3) is 0 Å². The van der Waals surface area contributed by atoms with Crippen LogP contribution in [0.2, 0.25) is 0 Å². The van der Waals surface area contributed by atoms with Gasteiger partial charge in [-0.05, 0) is 18.5 Å². The number of piperazine rings is 1. The summed E-state index contributed by atoms with van der Waals surface area (Å²) in [6.07, 6.45) is 2.60. The molecule has 1 amide bonds. The van der Waals surface area contributed by atoms with Crippen molar-refractivity contribution in [1.29, 1.82) is 0 Å². The van der Waals surface area contributed by atoms with Crippen LogP contribution in [0.1, 0.15) is 15.9 Å². The molecule has 0 radical (unpaired) electrons. The number of thiazole rings is 1. The summed E-state index contributed by atoms with van der Waals surface area (Å²) in [7, 11) is 2.12. The molecule has 3 rings (SSSR count). The molecule has 0 unspecified atom stereocenters. The average molecular weight is 351 g/mol. The van der Waals surface area contributed by atoms with Crippen LogP contribution in [0.4, 0.5) is 0 Å². The van der Waals surface area contributed by atoms with Crippen LogP contribution in [-0.2, 0) is 11.2 Å². The summed E-state index contributed by atoms with van der Waals surface area (Å²) < 4.78 is 0. The minimum absolute atomic E-state index is 0.0337. The molecule has 0 spiro atoms. The average Bonchev–Trinajstić information content (AvgIpc) is 3.22. The van der Waals surface area contributed by atoms with Gasteiger partial charge in [0.2, 0.25) is 5.91 Å². The van der Waals surface area contributed by atoms with E-state index in [2.05, 4.69) is 38.6 Å². The Morgan fingerprint density at radius 1 is 1.30 bits per heavy atom. The molecule has 5 nitrogen and oxygen atoms in total. The summed E-state index contributed by atoms with van der Waals surface area (Å²) in [6, 6.07) is 4.12. The molecule has 2 aromatic heterocycles. The lowest BCUT2D eigenvalue weighted by Gasteiger charge is -2.32. The summed E-state index contributed by atoms with van der Waals surface area (Å²) >= 11 is 3.32. The van der Waals surface area contributed by atoms with Crippen molar-refractivity contribution < 1.29 is 4.79 Å². The number of nitrogens with zero attached hydrogens (tertiary/aromatic N) is 3. The van der Waals surface area contributed by atoms with Crippen LogP contribution in [0.3, 0.4) is 0 Å². The molecular weight excluding hydrogens is 328 g/mol. The highest BCUT2D eigenvalue weighted by molar-refractivity contribution is 7.10. The molecule has 1 fully saturated rings. The number of hydrogen-bond donors (Lipinski definition) is 1. The lowest BCUT2D eigenvalue weighted by atomic mass is 10.2. The number of aromatic nitrogens is 1. The summed E-state index contributed by atoms with van der Waals surface area (Å²) in [5.41, 5.74) is 0. The maximum atomic E-state index is 12.4. The third-order valence-corrected chi connectivity index (χ3v) is 5.82. The molecule has 1 aliphatic heterocycles. The smallest absolute Gasteiger partial charge is 0.234 e. The Kier molecular flexibility index (Phi) is 5.77. The van der Waals surface area contributed by atoms with Gasteiger partial charge in [-0.1, -0.05) is 6.07 Å². The van der Waals surface area contributed by atoms with E-state index in [1.165, 1.54) is 4.88 Å². The summed E-state index contributed by atoms with van der Waals surface area (Å²) in [5.74, 6) is 0.0892. The number of rotatable bonds is 6. The van der Waals surface area contributed by atoms with Crippen LogP contribution in [0, 0.1) is 0 Å². The third-order valence-electron chi connectivity index (χ3n) is 4.03. The molecule has 1 atom stereocenters. The zero-order chi connectivity index (χ0) is 16.1. The number of nitrogens with one attached hydrogen (secondary N) is 1. The minimum atomic E-state index is -0.0337. The van der Waals surface area contributed by atoms with E-state index in [0.717, 1.165) is 37.6 Å². The molecule has 0 aliphatic carbocycles. The molecule has 0 saturated carbocycles. The lowest BCUT2D eigenvalue weighted by Crippen LogP contribution is -2.48. The molecule has 3 heterocycles. The summed E-state index contributed by atoms with van der Waals surface area (Å²) in [6.45, 7) is 4.43. The van der Waals surface area contributed by atoms with E-state index in [9.17, 15) is 4.79 Å². The van der Waals surface area contributed by atoms with E-state index >= 15 is 0 Å². The third kappa shape index (κ3) is 4.84. The first-order valence-electron chi connectivity index (χ1n) is 7.83. The highest BCUT2D eigenvalue weighted by Gasteiger charge is 2.21. The van der Waals surface area contributed by atoms with Gasteiger partial charge in [0.25, 0.3) is 0 Å². The highest BCUT2D eigenvalue weighted by atomic mass is 32.1. The lowest BCUT2D eigenvalue weighted by molar-refractivity contribution is -0.123. The van der Waals surface area contributed by atoms with Crippen molar-refractivity contribution in [3.63, 3.8) is 0 Å². The number of thiophene rings is 1. The normalized spacial score (nSPS) is 18.0. The van der Waals surface area contributed by atoms with E-state index in [1.807, 2.05) is 11.4 Å². The zero-order valence-corrected chi connectivity index (χ0v) is 14.9. The number of carbonyl (C=O) groups is 1. The van der Waals surface area contributed by atoms with E-state index < -0.39 is 0 Å². The van der Waals surface area contributed by atoms with E-state index in [0.29, 0.717) is 6.54 Å². The van der Waals surface area contributed by atoms with E-state index in [1.54, 1.807) is 28.9 Å². The van der Waals surface area contributed by atoms with E-state index in [-0.39, 0.29) is 11.9 Å². The van der Waals surface area contributed by atoms with Gasteiger partial charge in [0, 0.05) is 49.1 Å². The standard InChI is InChI=1S/C16H22N4OS2/c1-19-5-7-20(8-6-19)12-15(21)18-14(16-17-4-10-23-16)11-13-3-2-9-22-13/h2-4,9-10,14H,5-8,11-12H2,1H3,(H,18,21)/t14-/m0/s1. The van der Waals surface area contributed by atoms with Crippen LogP contribution in [-0.4, -0.2) is 60.5 Å². The molecule has 7 heteroatoms. The fourth-order valence-electron chi connectivity index (χ4n) is 2.69. The largest absolute Gasteiger partial charge is 0.345 e. The van der Waals surface area contributed by atoms with Crippen LogP contribution < -0.4 is 5.32 Å². The summed E-state index contributed by atoms with van der Waals surface area (Å²) in [4.78, 5) is 22.6. The van der Waals surface area contributed by atoms with Crippen molar-refractivity contribution in [2.24, 2.45) is 0 Å². The Morgan fingerprint density at radius 3 is 2.78 bits per heavy atom. The molecule has 0 bridgehead atoms. The first-order chi connectivity index (χ1) is 11.2. The number of hydrogen-bond acceptors (Lipinski definition) is 6. The molecule has 23 heavy (non-hydrogen) atoms. The molecule has 0 aromatic carbocycles. The predicted molar refractivity (Wildman–Crippen MR) is 95.0 cm³/mol. The van der Waals surface area contributed by atoms with Crippen LogP contribution in [0.15, 0.2) is 29.1 Å². The molecule has 2 aromatic rings. The monoisotopic (exact) mass is 350 g/mol. The first-order valence-corrected chi connectivity index (χ1v) is 9.58. The van der Waals surface area contributed by atoms with Gasteiger partial charge in [0.15, 0.2) is 0 Å². The molecule has 1 N–H and O–H groups in total. The second-order valence-corrected chi connectivity index (χ2v) is 7.81. The Labute approximate surface area is 144 Å². The second-order valence-electron chi connectivity index (χ2n) is 5.85. The van der Waals surface area contributed by atoms with Gasteiger partial charge in [0.05, 0.1) is 12.6 Å². The first kappa shape index (κ1) is 16.6. The predicted octanol–water partition coefficient (Wildman–Crippen LogP) is 1.85. The number of carbonyl (C=O) groups excluding carboxylic acids is 1. The fourth-order valence-corrected chi connectivity index (χ4v) is 4.13. The molecule has 124 valence electrons. The Balaban J connectivity index is 1.58. The number of amides is 1. The van der Waals surface area contributed by atoms with Gasteiger partial charge in [-0.15, -0.1) is 22.7 Å². The van der Waals surface area contributed by atoms with Gasteiger partial charge in [-0.25, -0.2) is 4.98 Å². The molecular formula is C16H22N4OS2. The van der Waals surface area contributed by atoms with Crippen molar-refractivity contribution in [1.82, 2.24) is 20.1 Å². The van der Waals surface area contributed by atoms with Gasteiger partial charge in [-0.2, -0.15) is 0 Å². The Morgan fingerprint density at radius 2 is 2.13 bits per heavy atom. The van der Waals surface area contributed by atoms with Gasteiger partial charge in [0.1, 0.15) is 5.01 Å². The van der Waals surface area contributed by atoms with Crippen molar-refractivity contribution in [2.75, 3.05) is 39.8 Å². The van der Waals surface area contributed by atoms with Gasteiger partial charge < -0.3 is 10.2 Å².